The monoisotopic (exact) mass is 367 g/mol. The van der Waals surface area contributed by atoms with Crippen LogP contribution in [0.1, 0.15) is 32.1 Å². The smallest absolute Gasteiger partial charge is 0.233 e. The van der Waals surface area contributed by atoms with Gasteiger partial charge in [-0.25, -0.2) is 0 Å². The lowest BCUT2D eigenvalue weighted by Gasteiger charge is -2.21. The number of nitrogens with zero attached hydrogens (tertiary/aromatic N) is 2. The first kappa shape index (κ1) is 17.8. The number of nitrogens with one attached hydrogen (secondary N) is 1. The summed E-state index contributed by atoms with van der Waals surface area (Å²) in [6.07, 6.45) is 7.65. The molecule has 27 heavy (non-hydrogen) atoms. The lowest BCUT2D eigenvalue weighted by Crippen LogP contribution is -2.34. The molecule has 0 radical (unpaired) electrons. The molecule has 2 saturated heterocycles. The van der Waals surface area contributed by atoms with Crippen molar-refractivity contribution in [2.75, 3.05) is 29.9 Å². The highest BCUT2D eigenvalue weighted by Gasteiger charge is 2.46. The van der Waals surface area contributed by atoms with Crippen LogP contribution in [0.4, 0.5) is 11.4 Å². The number of benzene rings is 1. The number of para-hydroxylation sites is 2. The first-order valence-electron chi connectivity index (χ1n) is 9.79. The molecule has 4 rings (SSSR count). The van der Waals surface area contributed by atoms with E-state index in [9.17, 15) is 14.4 Å². The van der Waals surface area contributed by atoms with Crippen molar-refractivity contribution in [3.63, 3.8) is 0 Å². The van der Waals surface area contributed by atoms with Gasteiger partial charge in [-0.2, -0.15) is 0 Å². The minimum atomic E-state index is -0.235. The maximum Gasteiger partial charge on any atom is 0.233 e. The van der Waals surface area contributed by atoms with Crippen LogP contribution in [0.15, 0.2) is 36.4 Å². The van der Waals surface area contributed by atoms with Crippen LogP contribution < -0.4 is 10.2 Å². The predicted molar refractivity (Wildman–Crippen MR) is 103 cm³/mol. The van der Waals surface area contributed by atoms with Crippen LogP contribution in [-0.4, -0.2) is 42.3 Å². The quantitative estimate of drug-likeness (QED) is 0.641. The fraction of sp³-hybridized carbons (Fsp3) is 0.476. The van der Waals surface area contributed by atoms with E-state index < -0.39 is 0 Å². The van der Waals surface area contributed by atoms with Gasteiger partial charge in [0.25, 0.3) is 0 Å². The summed E-state index contributed by atoms with van der Waals surface area (Å²) in [7, 11) is 0. The molecule has 6 nitrogen and oxygen atoms in total. The van der Waals surface area contributed by atoms with E-state index in [1.807, 2.05) is 36.4 Å². The Morgan fingerprint density at radius 2 is 1.63 bits per heavy atom. The highest BCUT2D eigenvalue weighted by atomic mass is 16.2. The van der Waals surface area contributed by atoms with Crippen LogP contribution in [0.5, 0.6) is 0 Å². The summed E-state index contributed by atoms with van der Waals surface area (Å²) in [5, 5.41) is 2.96. The number of anilines is 2. The first-order chi connectivity index (χ1) is 13.1. The van der Waals surface area contributed by atoms with Gasteiger partial charge in [0.1, 0.15) is 0 Å². The van der Waals surface area contributed by atoms with Crippen molar-refractivity contribution in [3.05, 3.63) is 36.4 Å². The number of rotatable bonds is 5. The Morgan fingerprint density at radius 1 is 1.00 bits per heavy atom. The molecule has 2 heterocycles. The molecule has 1 aromatic rings. The van der Waals surface area contributed by atoms with E-state index in [-0.39, 0.29) is 42.5 Å². The van der Waals surface area contributed by atoms with Gasteiger partial charge in [-0.3, -0.25) is 19.3 Å². The summed E-state index contributed by atoms with van der Waals surface area (Å²) in [6.45, 7) is 2.16. The summed E-state index contributed by atoms with van der Waals surface area (Å²) in [6, 6.07) is 7.80. The van der Waals surface area contributed by atoms with E-state index in [2.05, 4.69) is 10.2 Å². The lowest BCUT2D eigenvalue weighted by atomic mass is 9.85. The summed E-state index contributed by atoms with van der Waals surface area (Å²) in [5.74, 6) is -0.891. The van der Waals surface area contributed by atoms with Gasteiger partial charge in [0.05, 0.1) is 23.2 Å². The SMILES string of the molecule is O=C(CCN1C(=O)C2CC=CCC2C1=O)Nc1ccccc1N1CCCC1. The molecule has 0 saturated carbocycles. The van der Waals surface area contributed by atoms with Gasteiger partial charge in [-0.05, 0) is 37.8 Å². The molecule has 3 aliphatic rings. The second-order valence-corrected chi connectivity index (χ2v) is 7.49. The van der Waals surface area contributed by atoms with Gasteiger partial charge in [-0.1, -0.05) is 24.3 Å². The largest absolute Gasteiger partial charge is 0.370 e. The molecule has 0 spiro atoms. The van der Waals surface area contributed by atoms with Crippen molar-refractivity contribution in [2.45, 2.75) is 32.1 Å². The molecule has 142 valence electrons. The average Bonchev–Trinajstić information content (AvgIpc) is 3.29. The Balaban J connectivity index is 1.37. The van der Waals surface area contributed by atoms with E-state index in [1.165, 1.54) is 17.7 Å². The highest BCUT2D eigenvalue weighted by molar-refractivity contribution is 6.06. The number of likely N-dealkylation sites (tertiary alicyclic amines) is 1. The fourth-order valence-electron chi connectivity index (χ4n) is 4.33. The van der Waals surface area contributed by atoms with Crippen LogP contribution in [-0.2, 0) is 14.4 Å². The van der Waals surface area contributed by atoms with Crippen LogP contribution in [0.25, 0.3) is 0 Å². The second kappa shape index (κ2) is 7.55. The van der Waals surface area contributed by atoms with E-state index >= 15 is 0 Å². The maximum atomic E-state index is 12.5. The molecule has 1 N–H and O–H groups in total. The molecule has 0 aromatic heterocycles. The van der Waals surface area contributed by atoms with Gasteiger partial charge >= 0.3 is 0 Å². The van der Waals surface area contributed by atoms with Gasteiger partial charge in [-0.15, -0.1) is 0 Å². The second-order valence-electron chi connectivity index (χ2n) is 7.49. The molecular formula is C21H25N3O3. The average molecular weight is 367 g/mol. The fourth-order valence-corrected chi connectivity index (χ4v) is 4.33. The highest BCUT2D eigenvalue weighted by Crippen LogP contribution is 2.35. The molecule has 2 fully saturated rings. The Labute approximate surface area is 159 Å². The number of hydrogen-bond acceptors (Lipinski definition) is 4. The van der Waals surface area contributed by atoms with E-state index in [0.717, 1.165) is 24.5 Å². The van der Waals surface area contributed by atoms with Gasteiger partial charge < -0.3 is 10.2 Å². The zero-order chi connectivity index (χ0) is 18.8. The zero-order valence-corrected chi connectivity index (χ0v) is 15.4. The molecule has 6 heteroatoms. The maximum absolute atomic E-state index is 12.5. The Morgan fingerprint density at radius 3 is 2.30 bits per heavy atom. The van der Waals surface area contributed by atoms with Crippen LogP contribution >= 0.6 is 0 Å². The van der Waals surface area contributed by atoms with Crippen LogP contribution in [0.3, 0.4) is 0 Å². The van der Waals surface area contributed by atoms with Crippen LogP contribution in [0.2, 0.25) is 0 Å². The molecule has 0 bridgehead atoms. The molecule has 2 atom stereocenters. The molecule has 1 aromatic carbocycles. The number of allylic oxidation sites excluding steroid dienone is 2. The van der Waals surface area contributed by atoms with E-state index in [0.29, 0.717) is 12.8 Å². The number of amides is 3. The molecule has 2 aliphatic heterocycles. The van der Waals surface area contributed by atoms with Gasteiger partial charge in [0.15, 0.2) is 0 Å². The lowest BCUT2D eigenvalue weighted by molar-refractivity contribution is -0.140. The number of carbonyl (C=O) groups excluding carboxylic acids is 3. The summed E-state index contributed by atoms with van der Waals surface area (Å²) < 4.78 is 0. The first-order valence-corrected chi connectivity index (χ1v) is 9.79. The topological polar surface area (TPSA) is 69.7 Å². The standard InChI is InChI=1S/C21H25N3O3/c25-19(22-17-9-3-4-10-18(17)23-12-5-6-13-23)11-14-24-20(26)15-7-1-2-8-16(15)21(24)27/h1-4,9-10,15-16H,5-8,11-14H2,(H,22,25). The summed E-state index contributed by atoms with van der Waals surface area (Å²) >= 11 is 0. The minimum absolute atomic E-state index is 0.124. The third-order valence-electron chi connectivity index (χ3n) is 5.79. The summed E-state index contributed by atoms with van der Waals surface area (Å²) in [4.78, 5) is 41.0. The van der Waals surface area contributed by atoms with Crippen molar-refractivity contribution in [2.24, 2.45) is 11.8 Å². The molecular weight excluding hydrogens is 342 g/mol. The number of fused-ring (bicyclic) bond motifs is 1. The van der Waals surface area contributed by atoms with Crippen molar-refractivity contribution in [1.82, 2.24) is 4.90 Å². The molecule has 1 aliphatic carbocycles. The Bertz CT molecular complexity index is 757. The third kappa shape index (κ3) is 3.48. The normalized spacial score (nSPS) is 24.4. The Kier molecular flexibility index (Phi) is 4.97. The third-order valence-corrected chi connectivity index (χ3v) is 5.79. The van der Waals surface area contributed by atoms with Crippen molar-refractivity contribution in [1.29, 1.82) is 0 Å². The van der Waals surface area contributed by atoms with Gasteiger partial charge in [0.2, 0.25) is 17.7 Å². The number of hydrogen-bond donors (Lipinski definition) is 1. The number of carbonyl (C=O) groups is 3. The summed E-state index contributed by atoms with van der Waals surface area (Å²) in [5.41, 5.74) is 1.83. The van der Waals surface area contributed by atoms with E-state index in [1.54, 1.807) is 0 Å². The van der Waals surface area contributed by atoms with Crippen molar-refractivity contribution in [3.8, 4) is 0 Å². The molecule has 2 unspecified atom stereocenters. The van der Waals surface area contributed by atoms with Crippen LogP contribution in [0, 0.1) is 11.8 Å². The zero-order valence-electron chi connectivity index (χ0n) is 15.4. The number of imide groups is 1. The van der Waals surface area contributed by atoms with Crippen molar-refractivity contribution < 1.29 is 14.4 Å². The van der Waals surface area contributed by atoms with Gasteiger partial charge in [0, 0.05) is 26.1 Å². The minimum Gasteiger partial charge on any atom is -0.370 e. The molecule has 3 amide bonds. The Hall–Kier alpha value is -2.63. The van der Waals surface area contributed by atoms with E-state index in [4.69, 9.17) is 0 Å². The van der Waals surface area contributed by atoms with Crippen molar-refractivity contribution >= 4 is 29.1 Å². The predicted octanol–water partition coefficient (Wildman–Crippen LogP) is 2.57.